The van der Waals surface area contributed by atoms with E-state index in [1.807, 2.05) is 47.6 Å². The zero-order valence-electron chi connectivity index (χ0n) is 38.6. The Bertz CT molecular complexity index is 3220. The standard InChI is InChI=1S/C24H21Cl2F3N6O2S.C21H17Br2ClF3N5O2S/c1-12(2)38(13(3)4)34-22(36)16-9-15(25)8-14(11-30)20(16)32-23(37)18-10-19(24(27,28)29)33-35(18)21-17(26)6-5-7-31-21;1-3-35(4-2)31-19(33)12-8-11(22)9-13(23)17(12)29-20(34)15-10-16(21(25,26)27)30-32(15)18-14(24)6-5-7-28-18/h5-10,12-13H,1-4H3,(H,32,37);5-10H,3-4H2,1-2H3,(H,29,34). The third kappa shape index (κ3) is 14.5. The van der Waals surface area contributed by atoms with Crippen molar-refractivity contribution in [3.63, 3.8) is 0 Å². The molecule has 0 aliphatic heterocycles. The van der Waals surface area contributed by atoms with Gasteiger partial charge in [-0.25, -0.2) is 19.3 Å². The van der Waals surface area contributed by atoms with E-state index in [9.17, 15) is 50.8 Å². The molecule has 386 valence electrons. The van der Waals surface area contributed by atoms with E-state index < -0.39 is 80.1 Å². The number of benzene rings is 2. The number of nitriles is 1. The van der Waals surface area contributed by atoms with Crippen LogP contribution in [0.25, 0.3) is 11.6 Å². The zero-order chi connectivity index (χ0) is 54.3. The van der Waals surface area contributed by atoms with Crippen molar-refractivity contribution in [2.75, 3.05) is 22.1 Å². The fourth-order valence-corrected chi connectivity index (χ4v) is 11.1. The second-order valence-corrected chi connectivity index (χ2v) is 23.3. The second kappa shape index (κ2) is 24.8. The van der Waals surface area contributed by atoms with Gasteiger partial charge in [0.15, 0.2) is 23.0 Å². The SMILES string of the molecule is CC(C)S(=NC(=O)c1cc(Cl)cc(C#N)c1NC(=O)c1cc(C(F)(F)F)nn1-c1ncccc1Cl)C(C)C.CCS(CC)=NC(=O)c1cc(Br)cc(Br)c1NC(=O)c1cc(C(F)(F)F)nn1-c1ncccc1Cl. The molecule has 0 atom stereocenters. The van der Waals surface area contributed by atoms with Crippen LogP contribution in [0.5, 0.6) is 0 Å². The van der Waals surface area contributed by atoms with Gasteiger partial charge in [0.25, 0.3) is 23.6 Å². The Balaban J connectivity index is 0.000000272. The van der Waals surface area contributed by atoms with E-state index in [0.717, 1.165) is 0 Å². The first-order valence-corrected chi connectivity index (χ1v) is 26.6. The van der Waals surface area contributed by atoms with Crippen LogP contribution in [0.2, 0.25) is 15.1 Å². The fraction of sp³-hybridized carbons (Fsp3) is 0.267. The van der Waals surface area contributed by atoms with Gasteiger partial charge in [0.05, 0.1) is 38.1 Å². The van der Waals surface area contributed by atoms with Crippen LogP contribution in [0, 0.1) is 11.3 Å². The number of nitrogens with zero attached hydrogens (tertiary/aromatic N) is 9. The Morgan fingerprint density at radius 1 is 0.712 bits per heavy atom. The highest BCUT2D eigenvalue weighted by Crippen LogP contribution is 2.36. The minimum Gasteiger partial charge on any atom is -0.319 e. The van der Waals surface area contributed by atoms with E-state index in [0.29, 0.717) is 41.9 Å². The van der Waals surface area contributed by atoms with Gasteiger partial charge in [-0.3, -0.25) is 19.2 Å². The number of hydrogen-bond donors (Lipinski definition) is 2. The summed E-state index contributed by atoms with van der Waals surface area (Å²) in [5.74, 6) is -2.41. The van der Waals surface area contributed by atoms with Crippen molar-refractivity contribution >= 4 is 123 Å². The summed E-state index contributed by atoms with van der Waals surface area (Å²) in [5, 5.41) is 21.6. The molecule has 0 aliphatic rings. The van der Waals surface area contributed by atoms with Crippen molar-refractivity contribution in [3.05, 3.63) is 137 Å². The quantitative estimate of drug-likeness (QED) is 0.112. The Morgan fingerprint density at radius 2 is 1.16 bits per heavy atom. The van der Waals surface area contributed by atoms with Crippen molar-refractivity contribution < 1.29 is 45.5 Å². The highest BCUT2D eigenvalue weighted by Gasteiger charge is 2.38. The number of pyridine rings is 2. The molecule has 0 aliphatic carbocycles. The van der Waals surface area contributed by atoms with Gasteiger partial charge in [-0.1, -0.05) is 114 Å². The highest BCUT2D eigenvalue weighted by atomic mass is 79.9. The summed E-state index contributed by atoms with van der Waals surface area (Å²) >= 11 is 24.9. The maximum absolute atomic E-state index is 13.5. The maximum atomic E-state index is 13.5. The molecule has 4 aromatic heterocycles. The van der Waals surface area contributed by atoms with Crippen LogP contribution < -0.4 is 10.6 Å². The van der Waals surface area contributed by atoms with E-state index in [4.69, 9.17) is 34.8 Å². The molecule has 2 N–H and O–H groups in total. The predicted octanol–water partition coefficient (Wildman–Crippen LogP) is 13.2. The summed E-state index contributed by atoms with van der Waals surface area (Å²) in [6.45, 7) is 11.4. The summed E-state index contributed by atoms with van der Waals surface area (Å²) < 4.78 is 91.5. The number of hydrogen-bond acceptors (Lipinski definition) is 9. The molecule has 0 unspecified atom stereocenters. The van der Waals surface area contributed by atoms with Crippen LogP contribution in [0.3, 0.4) is 0 Å². The summed E-state index contributed by atoms with van der Waals surface area (Å²) in [6.07, 6.45) is -7.14. The summed E-state index contributed by atoms with van der Waals surface area (Å²) in [4.78, 5) is 60.6. The maximum Gasteiger partial charge on any atom is 0.435 e. The second-order valence-electron chi connectivity index (χ2n) is 15.2. The molecule has 6 aromatic rings. The number of carbonyl (C=O) groups is 4. The fourth-order valence-electron chi connectivity index (χ4n) is 6.37. The molecule has 6 rings (SSSR count). The van der Waals surface area contributed by atoms with Crippen LogP contribution in [0.15, 0.2) is 90.7 Å². The number of carbonyl (C=O) groups excluding carboxylic acids is 4. The largest absolute Gasteiger partial charge is 0.435 e. The lowest BCUT2D eigenvalue weighted by molar-refractivity contribution is -0.142. The normalized spacial score (nSPS) is 11.6. The predicted molar refractivity (Wildman–Crippen MR) is 276 cm³/mol. The molecule has 0 bridgehead atoms. The first-order chi connectivity index (χ1) is 34.2. The van der Waals surface area contributed by atoms with Gasteiger partial charge in [-0.05, 0) is 64.5 Å². The third-order valence-corrected chi connectivity index (χ3v) is 15.6. The van der Waals surface area contributed by atoms with E-state index >= 15 is 0 Å². The number of alkyl halides is 6. The van der Waals surface area contributed by atoms with Crippen molar-refractivity contribution in [1.82, 2.24) is 29.5 Å². The van der Waals surface area contributed by atoms with Crippen LogP contribution in [-0.2, 0) is 33.7 Å². The number of halogens is 11. The molecule has 73 heavy (non-hydrogen) atoms. The molecule has 15 nitrogen and oxygen atoms in total. The van der Waals surface area contributed by atoms with E-state index in [-0.39, 0.29) is 65.3 Å². The van der Waals surface area contributed by atoms with Crippen LogP contribution in [0.4, 0.5) is 37.7 Å². The van der Waals surface area contributed by atoms with Crippen molar-refractivity contribution in [1.29, 1.82) is 5.26 Å². The lowest BCUT2D eigenvalue weighted by Gasteiger charge is -2.16. The Labute approximate surface area is 449 Å². The van der Waals surface area contributed by atoms with Crippen molar-refractivity contribution in [3.8, 4) is 17.7 Å². The lowest BCUT2D eigenvalue weighted by atomic mass is 10.1. The van der Waals surface area contributed by atoms with Crippen molar-refractivity contribution in [2.45, 2.75) is 64.4 Å². The molecule has 0 spiro atoms. The lowest BCUT2D eigenvalue weighted by Crippen LogP contribution is -2.21. The van der Waals surface area contributed by atoms with Gasteiger partial charge in [0.1, 0.15) is 17.5 Å². The first kappa shape index (κ1) is 58.5. The Hall–Kier alpha value is -5.36. The van der Waals surface area contributed by atoms with Crippen molar-refractivity contribution in [2.24, 2.45) is 8.73 Å². The number of rotatable bonds is 12. The molecular formula is C45H38Br2Cl3F6N11O4S2. The summed E-state index contributed by atoms with van der Waals surface area (Å²) in [5.41, 5.74) is -4.24. The minimum atomic E-state index is -4.89. The third-order valence-electron chi connectivity index (χ3n) is 9.59. The molecule has 4 heterocycles. The molecule has 0 saturated carbocycles. The molecule has 0 radical (unpaired) electrons. The molecule has 0 fully saturated rings. The molecular weight excluding hydrogens is 1200 g/mol. The van der Waals surface area contributed by atoms with Gasteiger partial charge >= 0.3 is 12.4 Å². The van der Waals surface area contributed by atoms with Gasteiger partial charge in [0.2, 0.25) is 0 Å². The smallest absolute Gasteiger partial charge is 0.319 e. The Kier molecular flexibility index (Phi) is 19.9. The number of nitrogens with one attached hydrogen (secondary N) is 2. The number of anilines is 2. The topological polar surface area (TPSA) is 202 Å². The summed E-state index contributed by atoms with van der Waals surface area (Å²) in [6, 6.07) is 14.2. The monoisotopic (exact) mass is 1240 g/mol. The van der Waals surface area contributed by atoms with Crippen LogP contribution in [0.1, 0.15) is 100 Å². The van der Waals surface area contributed by atoms with Crippen LogP contribution in [-0.4, -0.2) is 75.2 Å². The van der Waals surface area contributed by atoms with E-state index in [2.05, 4.69) is 71.4 Å². The van der Waals surface area contributed by atoms with Gasteiger partial charge < -0.3 is 10.6 Å². The molecule has 2 aromatic carbocycles. The Morgan fingerprint density at radius 3 is 1.59 bits per heavy atom. The van der Waals surface area contributed by atoms with Crippen LogP contribution >= 0.6 is 66.7 Å². The summed E-state index contributed by atoms with van der Waals surface area (Å²) in [7, 11) is -1.20. The molecule has 28 heteroatoms. The molecule has 0 saturated heterocycles. The minimum absolute atomic E-state index is 0.0102. The van der Waals surface area contributed by atoms with Gasteiger partial charge in [-0.15, -0.1) is 0 Å². The van der Waals surface area contributed by atoms with Gasteiger partial charge in [0, 0.05) is 60.5 Å². The highest BCUT2D eigenvalue weighted by molar-refractivity contribution is 9.11. The van der Waals surface area contributed by atoms with Gasteiger partial charge in [-0.2, -0.15) is 50.5 Å². The van der Waals surface area contributed by atoms with E-state index in [1.54, 1.807) is 6.07 Å². The van der Waals surface area contributed by atoms with E-state index in [1.165, 1.54) is 54.9 Å². The first-order valence-electron chi connectivity index (χ1n) is 21.0. The number of amides is 4. The zero-order valence-corrected chi connectivity index (χ0v) is 45.7. The average molecular weight is 1240 g/mol. The average Bonchev–Trinajstić information content (AvgIpc) is 3.98. The number of aromatic nitrogens is 6. The molecule has 4 amide bonds.